The molecule has 0 aromatic carbocycles. The number of aryl methyl sites for hydroxylation is 1. The molecule has 0 bridgehead atoms. The average molecular weight is 307 g/mol. The molecule has 0 aliphatic carbocycles. The molecule has 3 atom stereocenters. The van der Waals surface area contributed by atoms with Crippen LogP contribution in [0.1, 0.15) is 49.0 Å². The first-order valence-corrected chi connectivity index (χ1v) is 8.37. The van der Waals surface area contributed by atoms with Crippen molar-refractivity contribution in [1.82, 2.24) is 14.8 Å². The number of piperidine rings is 1. The van der Waals surface area contributed by atoms with Gasteiger partial charge in [-0.05, 0) is 40.0 Å². The maximum absolute atomic E-state index is 12.8. The Labute approximate surface area is 129 Å². The molecule has 0 spiro atoms. The van der Waals surface area contributed by atoms with E-state index in [1.165, 1.54) is 0 Å². The predicted octanol–water partition coefficient (Wildman–Crippen LogP) is 2.12. The molecule has 6 heteroatoms. The molecule has 114 valence electrons. The minimum Gasteiger partial charge on any atom is -0.329 e. The van der Waals surface area contributed by atoms with Crippen molar-refractivity contribution < 1.29 is 9.59 Å². The zero-order chi connectivity index (χ0) is 15.1. The van der Waals surface area contributed by atoms with Crippen LogP contribution in [0.15, 0.2) is 6.20 Å². The van der Waals surface area contributed by atoms with E-state index in [-0.39, 0.29) is 23.9 Å². The van der Waals surface area contributed by atoms with Crippen molar-refractivity contribution in [3.05, 3.63) is 16.1 Å². The number of thiazole rings is 1. The van der Waals surface area contributed by atoms with Crippen LogP contribution in [-0.2, 0) is 9.59 Å². The van der Waals surface area contributed by atoms with Crippen LogP contribution >= 0.6 is 11.3 Å². The number of rotatable bonds is 2. The molecule has 0 N–H and O–H groups in total. The molecule has 2 aliphatic rings. The standard InChI is InChI=1S/C15H21N3O2S/c1-9-8-16-13(21-9)10(2)18-11(3)14(19)17-7-5-4-6-12(17)15(18)20/h8,10-12H,4-7H2,1-3H3. The van der Waals surface area contributed by atoms with E-state index in [9.17, 15) is 9.59 Å². The highest BCUT2D eigenvalue weighted by molar-refractivity contribution is 7.11. The Bertz CT molecular complexity index is 571. The van der Waals surface area contributed by atoms with Crippen molar-refractivity contribution in [3.63, 3.8) is 0 Å². The van der Waals surface area contributed by atoms with Crippen molar-refractivity contribution in [2.45, 2.75) is 58.2 Å². The van der Waals surface area contributed by atoms with Gasteiger partial charge in [0, 0.05) is 17.6 Å². The first-order chi connectivity index (χ1) is 10.0. The van der Waals surface area contributed by atoms with Crippen molar-refractivity contribution >= 4 is 23.2 Å². The molecule has 0 saturated carbocycles. The minimum absolute atomic E-state index is 0.0828. The summed E-state index contributed by atoms with van der Waals surface area (Å²) in [6.45, 7) is 6.53. The van der Waals surface area contributed by atoms with Crippen LogP contribution in [0, 0.1) is 6.92 Å². The van der Waals surface area contributed by atoms with Crippen molar-refractivity contribution in [2.24, 2.45) is 0 Å². The molecule has 0 radical (unpaired) electrons. The summed E-state index contributed by atoms with van der Waals surface area (Å²) in [5.74, 6) is 0.168. The summed E-state index contributed by atoms with van der Waals surface area (Å²) < 4.78 is 0. The lowest BCUT2D eigenvalue weighted by molar-refractivity contribution is -0.165. The zero-order valence-electron chi connectivity index (χ0n) is 12.7. The number of fused-ring (bicyclic) bond motifs is 1. The van der Waals surface area contributed by atoms with Crippen LogP contribution in [0.3, 0.4) is 0 Å². The molecule has 3 unspecified atom stereocenters. The van der Waals surface area contributed by atoms with Crippen molar-refractivity contribution in [1.29, 1.82) is 0 Å². The molecule has 1 aromatic heterocycles. The lowest BCUT2D eigenvalue weighted by Crippen LogP contribution is -2.65. The summed E-state index contributed by atoms with van der Waals surface area (Å²) in [6.07, 6.45) is 4.64. The topological polar surface area (TPSA) is 53.5 Å². The highest BCUT2D eigenvalue weighted by atomic mass is 32.1. The largest absolute Gasteiger partial charge is 0.329 e. The van der Waals surface area contributed by atoms with Gasteiger partial charge in [-0.1, -0.05) is 0 Å². The number of nitrogens with zero attached hydrogens (tertiary/aromatic N) is 3. The molecule has 21 heavy (non-hydrogen) atoms. The van der Waals surface area contributed by atoms with Crippen molar-refractivity contribution in [2.75, 3.05) is 6.54 Å². The van der Waals surface area contributed by atoms with Crippen molar-refractivity contribution in [3.8, 4) is 0 Å². The fourth-order valence-electron chi connectivity index (χ4n) is 3.38. The number of hydrogen-bond donors (Lipinski definition) is 0. The number of hydrogen-bond acceptors (Lipinski definition) is 4. The molecular formula is C15H21N3O2S. The number of carbonyl (C=O) groups excluding carboxylic acids is 2. The smallest absolute Gasteiger partial charge is 0.246 e. The van der Waals surface area contributed by atoms with Crippen LogP contribution in [0.25, 0.3) is 0 Å². The molecule has 3 heterocycles. The van der Waals surface area contributed by atoms with E-state index >= 15 is 0 Å². The molecule has 2 fully saturated rings. The van der Waals surface area contributed by atoms with Crippen LogP contribution in [0.2, 0.25) is 0 Å². The highest BCUT2D eigenvalue weighted by Gasteiger charge is 2.46. The van der Waals surface area contributed by atoms with Gasteiger partial charge in [0.25, 0.3) is 0 Å². The Balaban J connectivity index is 1.90. The van der Waals surface area contributed by atoms with E-state index in [0.29, 0.717) is 0 Å². The second-order valence-corrected chi connectivity index (χ2v) is 7.22. The molecule has 5 nitrogen and oxygen atoms in total. The molecule has 2 saturated heterocycles. The van der Waals surface area contributed by atoms with Gasteiger partial charge < -0.3 is 9.80 Å². The molecule has 1 aromatic rings. The van der Waals surface area contributed by atoms with Crippen LogP contribution in [0.5, 0.6) is 0 Å². The summed E-state index contributed by atoms with van der Waals surface area (Å²) >= 11 is 1.59. The summed E-state index contributed by atoms with van der Waals surface area (Å²) in [7, 11) is 0. The average Bonchev–Trinajstić information content (AvgIpc) is 2.91. The highest BCUT2D eigenvalue weighted by Crippen LogP contribution is 2.33. The number of piperazine rings is 1. The summed E-state index contributed by atoms with van der Waals surface area (Å²) in [5.41, 5.74) is 0. The lowest BCUT2D eigenvalue weighted by atomic mass is 9.95. The maximum atomic E-state index is 12.8. The third-order valence-corrected chi connectivity index (χ3v) is 5.60. The second kappa shape index (κ2) is 5.40. The van der Waals surface area contributed by atoms with E-state index in [1.807, 2.05) is 27.0 Å². The third kappa shape index (κ3) is 2.35. The Morgan fingerprint density at radius 3 is 2.76 bits per heavy atom. The van der Waals surface area contributed by atoms with Gasteiger partial charge in [0.15, 0.2) is 0 Å². The minimum atomic E-state index is -0.397. The first-order valence-electron chi connectivity index (χ1n) is 7.55. The zero-order valence-corrected chi connectivity index (χ0v) is 13.5. The van der Waals surface area contributed by atoms with Crippen LogP contribution in [-0.4, -0.2) is 45.2 Å². The molecule has 2 aliphatic heterocycles. The van der Waals surface area contributed by atoms with Crippen LogP contribution < -0.4 is 0 Å². The van der Waals surface area contributed by atoms with E-state index in [0.717, 1.165) is 35.7 Å². The fourth-order valence-corrected chi connectivity index (χ4v) is 4.21. The first kappa shape index (κ1) is 14.5. The van der Waals surface area contributed by atoms with Gasteiger partial charge in [-0.25, -0.2) is 4.98 Å². The fraction of sp³-hybridized carbons (Fsp3) is 0.667. The van der Waals surface area contributed by atoms with Crippen LogP contribution in [0.4, 0.5) is 0 Å². The normalized spacial score (nSPS) is 27.8. The number of aromatic nitrogens is 1. The maximum Gasteiger partial charge on any atom is 0.246 e. The third-order valence-electron chi connectivity index (χ3n) is 4.51. The Kier molecular flexibility index (Phi) is 3.73. The Morgan fingerprint density at radius 1 is 1.33 bits per heavy atom. The van der Waals surface area contributed by atoms with E-state index in [2.05, 4.69) is 4.98 Å². The SMILES string of the molecule is Cc1cnc(C(C)N2C(=O)C3CCCCN3C(=O)C2C)s1. The van der Waals surface area contributed by atoms with Gasteiger partial charge in [-0.15, -0.1) is 11.3 Å². The van der Waals surface area contributed by atoms with Gasteiger partial charge in [-0.2, -0.15) is 0 Å². The lowest BCUT2D eigenvalue weighted by Gasteiger charge is -2.47. The quantitative estimate of drug-likeness (QED) is 0.841. The van der Waals surface area contributed by atoms with Gasteiger partial charge >= 0.3 is 0 Å². The summed E-state index contributed by atoms with van der Waals surface area (Å²) in [4.78, 5) is 34.5. The monoisotopic (exact) mass is 307 g/mol. The van der Waals surface area contributed by atoms with Gasteiger partial charge in [0.1, 0.15) is 17.1 Å². The molecule has 3 rings (SSSR count). The van der Waals surface area contributed by atoms with E-state index in [4.69, 9.17) is 0 Å². The summed E-state index contributed by atoms with van der Waals surface area (Å²) in [6, 6.07) is -0.795. The second-order valence-electron chi connectivity index (χ2n) is 5.95. The summed E-state index contributed by atoms with van der Waals surface area (Å²) in [5, 5.41) is 0.907. The van der Waals surface area contributed by atoms with E-state index in [1.54, 1.807) is 21.1 Å². The van der Waals surface area contributed by atoms with Gasteiger partial charge in [0.2, 0.25) is 11.8 Å². The predicted molar refractivity (Wildman–Crippen MR) is 80.9 cm³/mol. The number of carbonyl (C=O) groups is 2. The van der Waals surface area contributed by atoms with Gasteiger partial charge in [0.05, 0.1) is 6.04 Å². The Hall–Kier alpha value is -1.43. The van der Waals surface area contributed by atoms with Gasteiger partial charge in [-0.3, -0.25) is 9.59 Å². The number of amides is 2. The molecular weight excluding hydrogens is 286 g/mol. The van der Waals surface area contributed by atoms with E-state index < -0.39 is 6.04 Å². The molecule has 2 amide bonds. The Morgan fingerprint density at radius 2 is 2.10 bits per heavy atom.